The van der Waals surface area contributed by atoms with Crippen LogP contribution >= 0.6 is 0 Å². The number of imide groups is 1. The van der Waals surface area contributed by atoms with Crippen LogP contribution in [0.2, 0.25) is 0 Å². The number of hydrogen-bond acceptors (Lipinski definition) is 4. The van der Waals surface area contributed by atoms with E-state index < -0.39 is 5.91 Å². The molecule has 0 saturated carbocycles. The molecule has 1 heterocycles. The minimum atomic E-state index is -0.478. The third-order valence-electron chi connectivity index (χ3n) is 3.91. The lowest BCUT2D eigenvalue weighted by Gasteiger charge is -2.06. The molecule has 2 amide bonds. The summed E-state index contributed by atoms with van der Waals surface area (Å²) in [6.07, 6.45) is 3.45. The first-order chi connectivity index (χ1) is 11.9. The van der Waals surface area contributed by atoms with Crippen molar-refractivity contribution in [3.8, 4) is 11.3 Å². The van der Waals surface area contributed by atoms with Crippen molar-refractivity contribution in [3.63, 3.8) is 0 Å². The van der Waals surface area contributed by atoms with Crippen molar-refractivity contribution in [2.24, 2.45) is 5.92 Å². The molecule has 1 unspecified atom stereocenters. The highest BCUT2D eigenvalue weighted by Gasteiger charge is 2.12. The first-order valence-corrected chi connectivity index (χ1v) is 8.14. The van der Waals surface area contributed by atoms with E-state index in [0.717, 1.165) is 5.56 Å². The number of amides is 2. The van der Waals surface area contributed by atoms with Crippen molar-refractivity contribution in [3.05, 3.63) is 53.8 Å². The first-order valence-electron chi connectivity index (χ1n) is 8.14. The van der Waals surface area contributed by atoms with Gasteiger partial charge in [-0.2, -0.15) is 0 Å². The number of furan rings is 1. The second kappa shape index (κ2) is 8.24. The highest BCUT2D eigenvalue weighted by atomic mass is 16.3. The molecule has 0 aliphatic heterocycles. The Bertz CT molecular complexity index is 799. The molecule has 2 rings (SSSR count). The largest absolute Gasteiger partial charge is 0.457 e. The first kappa shape index (κ1) is 18.4. The molecule has 5 nitrogen and oxygen atoms in total. The predicted molar refractivity (Wildman–Crippen MR) is 95.8 cm³/mol. The van der Waals surface area contributed by atoms with Gasteiger partial charge in [0.1, 0.15) is 11.5 Å². The molecule has 1 N–H and O–H groups in total. The maximum absolute atomic E-state index is 11.7. The van der Waals surface area contributed by atoms with Crippen LogP contribution in [0.5, 0.6) is 0 Å². The fourth-order valence-electron chi connectivity index (χ4n) is 2.10. The van der Waals surface area contributed by atoms with Gasteiger partial charge in [-0.15, -0.1) is 0 Å². The molecule has 1 aromatic carbocycles. The van der Waals surface area contributed by atoms with Crippen LogP contribution in [0.4, 0.5) is 0 Å². The quantitative estimate of drug-likeness (QED) is 0.640. The van der Waals surface area contributed by atoms with Crippen molar-refractivity contribution in [2.45, 2.75) is 27.2 Å². The summed E-state index contributed by atoms with van der Waals surface area (Å²) in [5, 5.41) is 2.32. The zero-order valence-electron chi connectivity index (χ0n) is 14.5. The van der Waals surface area contributed by atoms with Gasteiger partial charge in [-0.1, -0.05) is 38.1 Å². The average Bonchev–Trinajstić information content (AvgIpc) is 3.08. The fraction of sp³-hybridized carbons (Fsp3) is 0.250. The van der Waals surface area contributed by atoms with Gasteiger partial charge in [0, 0.05) is 23.1 Å². The highest BCUT2D eigenvalue weighted by molar-refractivity contribution is 6.03. The number of hydrogen-bond donors (Lipinski definition) is 1. The normalized spacial score (nSPS) is 12.1. The molecule has 0 bridgehead atoms. The molecule has 25 heavy (non-hydrogen) atoms. The summed E-state index contributed by atoms with van der Waals surface area (Å²) >= 11 is 0. The lowest BCUT2D eigenvalue weighted by atomic mass is 10.1. The van der Waals surface area contributed by atoms with Gasteiger partial charge in [-0.05, 0) is 31.6 Å². The van der Waals surface area contributed by atoms with Crippen LogP contribution < -0.4 is 5.32 Å². The molecular weight excluding hydrogens is 318 g/mol. The Morgan fingerprint density at radius 1 is 1.12 bits per heavy atom. The van der Waals surface area contributed by atoms with Crippen LogP contribution in [-0.2, 0) is 9.59 Å². The molecule has 0 radical (unpaired) electrons. The van der Waals surface area contributed by atoms with E-state index in [4.69, 9.17) is 4.42 Å². The van der Waals surface area contributed by atoms with E-state index in [1.165, 1.54) is 19.1 Å². The van der Waals surface area contributed by atoms with Crippen LogP contribution in [-0.4, -0.2) is 17.6 Å². The van der Waals surface area contributed by atoms with Gasteiger partial charge in [-0.25, -0.2) is 0 Å². The fourth-order valence-corrected chi connectivity index (χ4v) is 2.10. The topological polar surface area (TPSA) is 76.4 Å². The molecule has 1 atom stereocenters. The molecule has 0 spiro atoms. The van der Waals surface area contributed by atoms with Crippen molar-refractivity contribution >= 4 is 23.7 Å². The maximum Gasteiger partial charge on any atom is 0.250 e. The Labute approximate surface area is 146 Å². The van der Waals surface area contributed by atoms with Gasteiger partial charge in [0.05, 0.1) is 0 Å². The smallest absolute Gasteiger partial charge is 0.250 e. The number of benzene rings is 1. The number of carbonyl (C=O) groups is 3. The Kier molecular flexibility index (Phi) is 6.06. The van der Waals surface area contributed by atoms with E-state index >= 15 is 0 Å². The summed E-state index contributed by atoms with van der Waals surface area (Å²) in [7, 11) is 0. The monoisotopic (exact) mass is 339 g/mol. The van der Waals surface area contributed by atoms with Crippen LogP contribution in [0, 0.1) is 5.92 Å². The molecule has 130 valence electrons. The zero-order chi connectivity index (χ0) is 18.4. The molecule has 0 fully saturated rings. The summed E-state index contributed by atoms with van der Waals surface area (Å²) in [6, 6.07) is 10.6. The van der Waals surface area contributed by atoms with E-state index in [2.05, 4.69) is 5.32 Å². The third-order valence-corrected chi connectivity index (χ3v) is 3.91. The number of rotatable bonds is 6. The minimum absolute atomic E-state index is 0.00701. The van der Waals surface area contributed by atoms with Crippen LogP contribution in [0.15, 0.2) is 46.9 Å². The van der Waals surface area contributed by atoms with E-state index in [1.807, 2.05) is 6.92 Å². The molecule has 0 aliphatic rings. The molecule has 0 saturated heterocycles. The summed E-state index contributed by atoms with van der Waals surface area (Å²) < 4.78 is 5.66. The lowest BCUT2D eigenvalue weighted by molar-refractivity contribution is -0.130. The van der Waals surface area contributed by atoms with E-state index in [9.17, 15) is 14.4 Å². The third kappa shape index (κ3) is 5.01. The summed E-state index contributed by atoms with van der Waals surface area (Å²) in [5.41, 5.74) is 1.47. The Morgan fingerprint density at radius 2 is 1.80 bits per heavy atom. The zero-order valence-corrected chi connectivity index (χ0v) is 14.5. The molecule has 5 heteroatoms. The van der Waals surface area contributed by atoms with Gasteiger partial charge in [-0.3, -0.25) is 19.7 Å². The maximum atomic E-state index is 11.7. The molecule has 2 aromatic rings. The van der Waals surface area contributed by atoms with Gasteiger partial charge >= 0.3 is 0 Å². The van der Waals surface area contributed by atoms with Gasteiger partial charge in [0.15, 0.2) is 5.78 Å². The molecular formula is C20H21NO4. The number of Topliss-reactive ketones (excluding diaryl/α,β-unsaturated/α-hetero) is 1. The lowest BCUT2D eigenvalue weighted by Crippen LogP contribution is -2.33. The second-order valence-electron chi connectivity index (χ2n) is 5.83. The van der Waals surface area contributed by atoms with Crippen molar-refractivity contribution < 1.29 is 18.8 Å². The van der Waals surface area contributed by atoms with Crippen LogP contribution in [0.25, 0.3) is 17.4 Å². The van der Waals surface area contributed by atoms with E-state index in [1.54, 1.807) is 43.3 Å². The predicted octanol–water partition coefficient (Wildman–Crippen LogP) is 3.85. The standard InChI is InChI=1S/C20H21NO4/c1-4-13(2)20(24)21-19(23)12-10-17-9-11-18(25-17)16-7-5-15(6-8-16)14(3)22/h5-13H,4H2,1-3H3,(H,21,23,24). The number of nitrogens with one attached hydrogen (secondary N) is 1. The second-order valence-corrected chi connectivity index (χ2v) is 5.83. The highest BCUT2D eigenvalue weighted by Crippen LogP contribution is 2.23. The summed E-state index contributed by atoms with van der Waals surface area (Å²) in [5.74, 6) is 0.164. The van der Waals surface area contributed by atoms with Crippen molar-refractivity contribution in [2.75, 3.05) is 0 Å². The molecule has 1 aromatic heterocycles. The SMILES string of the molecule is CCC(C)C(=O)NC(=O)C=Cc1ccc(-c2ccc(C(C)=O)cc2)o1. The Morgan fingerprint density at radius 3 is 2.40 bits per heavy atom. The van der Waals surface area contributed by atoms with Crippen molar-refractivity contribution in [1.82, 2.24) is 5.32 Å². The molecule has 0 aliphatic carbocycles. The number of carbonyl (C=O) groups excluding carboxylic acids is 3. The number of ketones is 1. The Balaban J connectivity index is 2.02. The van der Waals surface area contributed by atoms with Gasteiger partial charge in [0.25, 0.3) is 5.91 Å². The van der Waals surface area contributed by atoms with Gasteiger partial charge in [0.2, 0.25) is 5.91 Å². The summed E-state index contributed by atoms with van der Waals surface area (Å²) in [4.78, 5) is 34.7. The summed E-state index contributed by atoms with van der Waals surface area (Å²) in [6.45, 7) is 5.17. The van der Waals surface area contributed by atoms with E-state index in [0.29, 0.717) is 23.5 Å². The average molecular weight is 339 g/mol. The van der Waals surface area contributed by atoms with Gasteiger partial charge < -0.3 is 4.42 Å². The van der Waals surface area contributed by atoms with Crippen LogP contribution in [0.3, 0.4) is 0 Å². The van der Waals surface area contributed by atoms with E-state index in [-0.39, 0.29) is 17.6 Å². The van der Waals surface area contributed by atoms with Crippen LogP contribution in [0.1, 0.15) is 43.3 Å². The van der Waals surface area contributed by atoms with Crippen molar-refractivity contribution in [1.29, 1.82) is 0 Å². The Hall–Kier alpha value is -2.95. The minimum Gasteiger partial charge on any atom is -0.457 e.